The van der Waals surface area contributed by atoms with Gasteiger partial charge in [-0.15, -0.1) is 0 Å². The van der Waals surface area contributed by atoms with Crippen LogP contribution in [0.3, 0.4) is 0 Å². The minimum absolute atomic E-state index is 0.131. The number of nitrogens with one attached hydrogen (secondary N) is 1. The van der Waals surface area contributed by atoms with E-state index in [9.17, 15) is 18.0 Å². The van der Waals surface area contributed by atoms with Crippen LogP contribution in [0, 0.1) is 12.8 Å². The van der Waals surface area contributed by atoms with E-state index in [1.54, 1.807) is 27.7 Å². The number of esters is 1. The number of rotatable bonds is 7. The van der Waals surface area contributed by atoms with E-state index in [4.69, 9.17) is 9.84 Å². The lowest BCUT2D eigenvalue weighted by molar-refractivity contribution is -0.140. The summed E-state index contributed by atoms with van der Waals surface area (Å²) >= 11 is 0. The molecular weight excluding hydrogens is 322 g/mol. The van der Waals surface area contributed by atoms with E-state index in [0.29, 0.717) is 5.56 Å². The Labute approximate surface area is 135 Å². The van der Waals surface area contributed by atoms with Gasteiger partial charge in [0.25, 0.3) is 0 Å². The summed E-state index contributed by atoms with van der Waals surface area (Å²) in [5, 5.41) is 9.11. The Kier molecular flexibility index (Phi) is 6.28. The minimum atomic E-state index is -4.08. The van der Waals surface area contributed by atoms with Crippen LogP contribution in [-0.2, 0) is 19.6 Å². The van der Waals surface area contributed by atoms with Gasteiger partial charge in [0.15, 0.2) is 0 Å². The molecular formula is C15H21NO6S. The van der Waals surface area contributed by atoms with E-state index >= 15 is 0 Å². The van der Waals surface area contributed by atoms with Crippen LogP contribution in [0.15, 0.2) is 23.1 Å². The zero-order valence-electron chi connectivity index (χ0n) is 13.5. The number of carboxylic acids is 1. The Morgan fingerprint density at radius 3 is 2.39 bits per heavy atom. The van der Waals surface area contributed by atoms with Crippen LogP contribution in [0.5, 0.6) is 0 Å². The SMILES string of the molecule is CCOC(=O)c1cc(S(=O)(=O)N[C@@H](C(=O)O)C(C)C)ccc1C. The van der Waals surface area contributed by atoms with Crippen LogP contribution in [0.4, 0.5) is 0 Å². The van der Waals surface area contributed by atoms with E-state index in [1.165, 1.54) is 18.2 Å². The number of benzene rings is 1. The first kappa shape index (κ1) is 19.1. The van der Waals surface area contributed by atoms with Gasteiger partial charge in [0.2, 0.25) is 10.0 Å². The third-order valence-corrected chi connectivity index (χ3v) is 4.67. The summed E-state index contributed by atoms with van der Waals surface area (Å²) in [7, 11) is -4.08. The van der Waals surface area contributed by atoms with E-state index in [2.05, 4.69) is 4.72 Å². The Hall–Kier alpha value is -1.93. The first-order chi connectivity index (χ1) is 10.6. The number of hydrogen-bond donors (Lipinski definition) is 2. The van der Waals surface area contributed by atoms with E-state index in [-0.39, 0.29) is 17.1 Å². The second-order valence-corrected chi connectivity index (χ2v) is 7.09. The third-order valence-electron chi connectivity index (χ3n) is 3.23. The molecule has 1 atom stereocenters. The molecule has 7 nitrogen and oxygen atoms in total. The first-order valence-corrected chi connectivity index (χ1v) is 8.61. The van der Waals surface area contributed by atoms with Gasteiger partial charge < -0.3 is 9.84 Å². The lowest BCUT2D eigenvalue weighted by Gasteiger charge is -2.18. The molecule has 0 heterocycles. The Balaban J connectivity index is 3.21. The summed E-state index contributed by atoms with van der Waals surface area (Å²) in [6.45, 7) is 6.67. The molecule has 0 aliphatic rings. The van der Waals surface area contributed by atoms with Gasteiger partial charge in [-0.1, -0.05) is 19.9 Å². The highest BCUT2D eigenvalue weighted by Gasteiger charge is 2.28. The molecule has 0 amide bonds. The number of aliphatic carboxylic acids is 1. The highest BCUT2D eigenvalue weighted by Crippen LogP contribution is 2.18. The molecule has 0 aliphatic carbocycles. The Bertz CT molecular complexity index is 696. The highest BCUT2D eigenvalue weighted by molar-refractivity contribution is 7.89. The number of ether oxygens (including phenoxy) is 1. The molecule has 0 spiro atoms. The second kappa shape index (κ2) is 7.56. The van der Waals surface area contributed by atoms with Crippen LogP contribution < -0.4 is 4.72 Å². The molecule has 0 aliphatic heterocycles. The molecule has 0 saturated heterocycles. The van der Waals surface area contributed by atoms with Crippen molar-refractivity contribution in [2.75, 3.05) is 6.61 Å². The molecule has 23 heavy (non-hydrogen) atoms. The molecule has 0 bridgehead atoms. The summed E-state index contributed by atoms with van der Waals surface area (Å²) in [6.07, 6.45) is 0. The predicted molar refractivity (Wildman–Crippen MR) is 83.7 cm³/mol. The zero-order valence-corrected chi connectivity index (χ0v) is 14.3. The average Bonchev–Trinajstić information content (AvgIpc) is 2.44. The fourth-order valence-corrected chi connectivity index (χ4v) is 3.27. The van der Waals surface area contributed by atoms with Crippen molar-refractivity contribution < 1.29 is 27.9 Å². The van der Waals surface area contributed by atoms with E-state index < -0.39 is 33.9 Å². The lowest BCUT2D eigenvalue weighted by Crippen LogP contribution is -2.44. The number of carboxylic acid groups (broad SMARTS) is 1. The molecule has 2 N–H and O–H groups in total. The van der Waals surface area contributed by atoms with Crippen molar-refractivity contribution >= 4 is 22.0 Å². The van der Waals surface area contributed by atoms with Gasteiger partial charge in [0.1, 0.15) is 6.04 Å². The largest absolute Gasteiger partial charge is 0.480 e. The quantitative estimate of drug-likeness (QED) is 0.727. The summed E-state index contributed by atoms with van der Waals surface area (Å²) in [6, 6.07) is 2.73. The van der Waals surface area contributed by atoms with Crippen LogP contribution >= 0.6 is 0 Å². The molecule has 0 fully saturated rings. The van der Waals surface area contributed by atoms with Gasteiger partial charge in [0, 0.05) is 0 Å². The molecule has 8 heteroatoms. The van der Waals surface area contributed by atoms with Crippen molar-refractivity contribution in [3.8, 4) is 0 Å². The fourth-order valence-electron chi connectivity index (χ4n) is 1.90. The van der Waals surface area contributed by atoms with Gasteiger partial charge >= 0.3 is 11.9 Å². The highest BCUT2D eigenvalue weighted by atomic mass is 32.2. The van der Waals surface area contributed by atoms with Gasteiger partial charge in [-0.25, -0.2) is 13.2 Å². The molecule has 128 valence electrons. The molecule has 0 unspecified atom stereocenters. The zero-order chi connectivity index (χ0) is 17.8. The standard InChI is InChI=1S/C15H21NO6S/c1-5-22-15(19)12-8-11(7-6-10(12)4)23(20,21)16-13(9(2)3)14(17)18/h6-9,13,16H,5H2,1-4H3,(H,17,18)/t13-/m1/s1. The average molecular weight is 343 g/mol. The van der Waals surface area contributed by atoms with Gasteiger partial charge in [-0.3, -0.25) is 4.79 Å². The van der Waals surface area contributed by atoms with Crippen molar-refractivity contribution in [3.05, 3.63) is 29.3 Å². The minimum Gasteiger partial charge on any atom is -0.480 e. The normalized spacial score (nSPS) is 12.9. The molecule has 1 aromatic rings. The first-order valence-electron chi connectivity index (χ1n) is 7.13. The summed E-state index contributed by atoms with van der Waals surface area (Å²) in [5.74, 6) is -2.32. The maximum atomic E-state index is 12.4. The summed E-state index contributed by atoms with van der Waals surface area (Å²) < 4.78 is 31.8. The number of hydrogen-bond acceptors (Lipinski definition) is 5. The van der Waals surface area contributed by atoms with E-state index in [1.807, 2.05) is 0 Å². The van der Waals surface area contributed by atoms with Crippen LogP contribution in [-0.4, -0.2) is 38.1 Å². The van der Waals surface area contributed by atoms with Crippen molar-refractivity contribution in [3.63, 3.8) is 0 Å². The smallest absolute Gasteiger partial charge is 0.338 e. The maximum absolute atomic E-state index is 12.4. The fraction of sp³-hybridized carbons (Fsp3) is 0.467. The predicted octanol–water partition coefficient (Wildman–Crippen LogP) is 1.56. The van der Waals surface area contributed by atoms with Crippen molar-refractivity contribution in [2.45, 2.75) is 38.6 Å². The van der Waals surface area contributed by atoms with Crippen LogP contribution in [0.1, 0.15) is 36.7 Å². The third kappa shape index (κ3) is 4.77. The topological polar surface area (TPSA) is 110 Å². The molecule has 0 aromatic heterocycles. The van der Waals surface area contributed by atoms with Crippen molar-refractivity contribution in [2.24, 2.45) is 5.92 Å². The monoisotopic (exact) mass is 343 g/mol. The van der Waals surface area contributed by atoms with Gasteiger partial charge in [-0.05, 0) is 37.5 Å². The molecule has 1 aromatic carbocycles. The van der Waals surface area contributed by atoms with Crippen LogP contribution in [0.25, 0.3) is 0 Å². The lowest BCUT2D eigenvalue weighted by atomic mass is 10.1. The van der Waals surface area contributed by atoms with Crippen LogP contribution in [0.2, 0.25) is 0 Å². The molecule has 0 saturated carbocycles. The summed E-state index contributed by atoms with van der Waals surface area (Å²) in [5.41, 5.74) is 0.701. The number of carbonyl (C=O) groups excluding carboxylic acids is 1. The maximum Gasteiger partial charge on any atom is 0.338 e. The Morgan fingerprint density at radius 2 is 1.91 bits per heavy atom. The Morgan fingerprint density at radius 1 is 1.30 bits per heavy atom. The second-order valence-electron chi connectivity index (χ2n) is 5.38. The number of sulfonamides is 1. The van der Waals surface area contributed by atoms with Crippen molar-refractivity contribution in [1.82, 2.24) is 4.72 Å². The molecule has 1 rings (SSSR count). The van der Waals surface area contributed by atoms with Gasteiger partial charge in [0.05, 0.1) is 17.1 Å². The van der Waals surface area contributed by atoms with E-state index in [0.717, 1.165) is 0 Å². The number of aryl methyl sites for hydroxylation is 1. The van der Waals surface area contributed by atoms with Crippen molar-refractivity contribution in [1.29, 1.82) is 0 Å². The number of carbonyl (C=O) groups is 2. The summed E-state index contributed by atoms with van der Waals surface area (Å²) in [4.78, 5) is 22.8. The van der Waals surface area contributed by atoms with Gasteiger partial charge in [-0.2, -0.15) is 4.72 Å². The molecule has 0 radical (unpaired) electrons.